The normalized spacial score (nSPS) is 11.6. The van der Waals surface area contributed by atoms with Crippen molar-refractivity contribution >= 4 is 17.8 Å². The molecule has 0 radical (unpaired) electrons. The first-order valence-electron chi connectivity index (χ1n) is 7.05. The summed E-state index contributed by atoms with van der Waals surface area (Å²) < 4.78 is 5.07. The SMILES string of the molecule is CCOC(=O)C(CC)(CC)C(=O)C=Cc1ccccc1. The maximum absolute atomic E-state index is 12.4. The Kier molecular flexibility index (Phi) is 6.16. The fourth-order valence-electron chi connectivity index (χ4n) is 2.15. The van der Waals surface area contributed by atoms with Gasteiger partial charge in [-0.15, -0.1) is 0 Å². The number of esters is 1. The predicted octanol–water partition coefficient (Wildman–Crippen LogP) is 3.64. The molecule has 3 nitrogen and oxygen atoms in total. The van der Waals surface area contributed by atoms with E-state index in [1.807, 2.05) is 44.2 Å². The van der Waals surface area contributed by atoms with E-state index in [1.54, 1.807) is 13.0 Å². The minimum atomic E-state index is -1.05. The second kappa shape index (κ2) is 7.63. The van der Waals surface area contributed by atoms with Crippen LogP contribution in [0.15, 0.2) is 36.4 Å². The van der Waals surface area contributed by atoms with Crippen LogP contribution in [-0.2, 0) is 14.3 Å². The van der Waals surface area contributed by atoms with Gasteiger partial charge in [0, 0.05) is 0 Å². The number of rotatable bonds is 7. The number of benzene rings is 1. The van der Waals surface area contributed by atoms with Gasteiger partial charge in [0.15, 0.2) is 5.78 Å². The number of hydrogen-bond donors (Lipinski definition) is 0. The Labute approximate surface area is 120 Å². The average Bonchev–Trinajstić information content (AvgIpc) is 2.48. The van der Waals surface area contributed by atoms with Gasteiger partial charge >= 0.3 is 5.97 Å². The summed E-state index contributed by atoms with van der Waals surface area (Å²) in [6, 6.07) is 9.55. The second-order valence-corrected chi connectivity index (χ2v) is 4.62. The van der Waals surface area contributed by atoms with Crippen molar-refractivity contribution in [3.8, 4) is 0 Å². The second-order valence-electron chi connectivity index (χ2n) is 4.62. The average molecular weight is 274 g/mol. The Morgan fingerprint density at radius 3 is 2.20 bits per heavy atom. The lowest BCUT2D eigenvalue weighted by atomic mass is 9.78. The highest BCUT2D eigenvalue weighted by Gasteiger charge is 2.42. The van der Waals surface area contributed by atoms with E-state index in [-0.39, 0.29) is 12.4 Å². The molecule has 3 heteroatoms. The van der Waals surface area contributed by atoms with Crippen molar-refractivity contribution in [2.24, 2.45) is 5.41 Å². The predicted molar refractivity (Wildman–Crippen MR) is 80.1 cm³/mol. The van der Waals surface area contributed by atoms with Gasteiger partial charge in [-0.1, -0.05) is 50.3 Å². The van der Waals surface area contributed by atoms with Crippen LogP contribution in [0.1, 0.15) is 39.2 Å². The molecule has 0 bridgehead atoms. The third-order valence-corrected chi connectivity index (χ3v) is 3.57. The smallest absolute Gasteiger partial charge is 0.319 e. The number of ketones is 1. The highest BCUT2D eigenvalue weighted by molar-refractivity contribution is 6.10. The quantitative estimate of drug-likeness (QED) is 0.433. The molecule has 0 saturated heterocycles. The molecule has 0 spiro atoms. The molecule has 0 aliphatic carbocycles. The molecule has 1 aromatic rings. The molecule has 1 rings (SSSR count). The summed E-state index contributed by atoms with van der Waals surface area (Å²) in [5, 5.41) is 0. The summed E-state index contributed by atoms with van der Waals surface area (Å²) in [5.41, 5.74) is -0.118. The van der Waals surface area contributed by atoms with Crippen LogP contribution in [0.5, 0.6) is 0 Å². The largest absolute Gasteiger partial charge is 0.465 e. The number of carbonyl (C=O) groups is 2. The van der Waals surface area contributed by atoms with E-state index in [0.717, 1.165) is 5.56 Å². The minimum Gasteiger partial charge on any atom is -0.465 e. The van der Waals surface area contributed by atoms with Crippen LogP contribution in [0, 0.1) is 5.41 Å². The Bertz CT molecular complexity index is 470. The molecular weight excluding hydrogens is 252 g/mol. The third kappa shape index (κ3) is 3.56. The number of carbonyl (C=O) groups excluding carboxylic acids is 2. The van der Waals surface area contributed by atoms with E-state index in [0.29, 0.717) is 12.8 Å². The zero-order valence-electron chi connectivity index (χ0n) is 12.4. The van der Waals surface area contributed by atoms with Crippen molar-refractivity contribution in [3.63, 3.8) is 0 Å². The molecule has 20 heavy (non-hydrogen) atoms. The fourth-order valence-corrected chi connectivity index (χ4v) is 2.15. The van der Waals surface area contributed by atoms with Gasteiger partial charge in [0.05, 0.1) is 6.61 Å². The molecule has 0 aliphatic heterocycles. The standard InChI is InChI=1S/C17H22O3/c1-4-17(5-2,16(19)20-6-3)15(18)13-12-14-10-8-7-9-11-14/h7-13H,4-6H2,1-3H3. The van der Waals surface area contributed by atoms with Gasteiger partial charge < -0.3 is 4.74 Å². The Morgan fingerprint density at radius 2 is 1.70 bits per heavy atom. The summed E-state index contributed by atoms with van der Waals surface area (Å²) in [6.45, 7) is 5.72. The minimum absolute atomic E-state index is 0.190. The summed E-state index contributed by atoms with van der Waals surface area (Å²) in [6.07, 6.45) is 4.11. The van der Waals surface area contributed by atoms with Crippen LogP contribution < -0.4 is 0 Å². The first kappa shape index (κ1) is 16.2. The van der Waals surface area contributed by atoms with Crippen LogP contribution in [0.4, 0.5) is 0 Å². The maximum Gasteiger partial charge on any atom is 0.319 e. The molecule has 1 aromatic carbocycles. The van der Waals surface area contributed by atoms with Crippen LogP contribution >= 0.6 is 0 Å². The molecule has 108 valence electrons. The molecule has 0 amide bonds. The number of hydrogen-bond acceptors (Lipinski definition) is 3. The first-order valence-corrected chi connectivity index (χ1v) is 7.05. The van der Waals surface area contributed by atoms with Gasteiger partial charge in [-0.25, -0.2) is 0 Å². The molecule has 0 aromatic heterocycles. The Morgan fingerprint density at radius 1 is 1.10 bits per heavy atom. The van der Waals surface area contributed by atoms with Gasteiger partial charge in [-0.3, -0.25) is 9.59 Å². The van der Waals surface area contributed by atoms with Gasteiger partial charge in [-0.05, 0) is 31.4 Å². The van der Waals surface area contributed by atoms with Crippen LogP contribution in [0.3, 0.4) is 0 Å². The monoisotopic (exact) mass is 274 g/mol. The van der Waals surface area contributed by atoms with Crippen LogP contribution in [-0.4, -0.2) is 18.4 Å². The van der Waals surface area contributed by atoms with E-state index in [2.05, 4.69) is 0 Å². The highest BCUT2D eigenvalue weighted by atomic mass is 16.5. The van der Waals surface area contributed by atoms with E-state index >= 15 is 0 Å². The lowest BCUT2D eigenvalue weighted by Gasteiger charge is -2.26. The number of ether oxygens (including phenoxy) is 1. The lowest BCUT2D eigenvalue weighted by Crippen LogP contribution is -2.38. The zero-order valence-corrected chi connectivity index (χ0v) is 12.4. The van der Waals surface area contributed by atoms with E-state index in [4.69, 9.17) is 4.74 Å². The van der Waals surface area contributed by atoms with Crippen molar-refractivity contribution in [2.45, 2.75) is 33.6 Å². The molecular formula is C17H22O3. The van der Waals surface area contributed by atoms with Crippen molar-refractivity contribution in [3.05, 3.63) is 42.0 Å². The van der Waals surface area contributed by atoms with E-state index < -0.39 is 11.4 Å². The molecule has 0 saturated carbocycles. The first-order chi connectivity index (χ1) is 9.60. The van der Waals surface area contributed by atoms with Crippen molar-refractivity contribution in [2.75, 3.05) is 6.61 Å². The zero-order chi connectivity index (χ0) is 15.0. The van der Waals surface area contributed by atoms with Gasteiger partial charge in [0.1, 0.15) is 5.41 Å². The Balaban J connectivity index is 2.95. The van der Waals surface area contributed by atoms with Crippen LogP contribution in [0.2, 0.25) is 0 Å². The summed E-state index contributed by atoms with van der Waals surface area (Å²) >= 11 is 0. The number of allylic oxidation sites excluding steroid dienone is 1. The lowest BCUT2D eigenvalue weighted by molar-refractivity contribution is -0.159. The van der Waals surface area contributed by atoms with E-state index in [1.165, 1.54) is 6.08 Å². The summed E-state index contributed by atoms with van der Waals surface area (Å²) in [4.78, 5) is 24.5. The summed E-state index contributed by atoms with van der Waals surface area (Å²) in [7, 11) is 0. The Hall–Kier alpha value is -1.90. The molecule has 0 heterocycles. The summed E-state index contributed by atoms with van der Waals surface area (Å²) in [5.74, 6) is -0.613. The van der Waals surface area contributed by atoms with Crippen LogP contribution in [0.25, 0.3) is 6.08 Å². The van der Waals surface area contributed by atoms with Crippen molar-refractivity contribution in [1.29, 1.82) is 0 Å². The van der Waals surface area contributed by atoms with Crippen molar-refractivity contribution < 1.29 is 14.3 Å². The molecule has 0 fully saturated rings. The third-order valence-electron chi connectivity index (χ3n) is 3.57. The molecule has 0 aliphatic rings. The van der Waals surface area contributed by atoms with Crippen molar-refractivity contribution in [1.82, 2.24) is 0 Å². The van der Waals surface area contributed by atoms with Gasteiger partial charge in [-0.2, -0.15) is 0 Å². The van der Waals surface area contributed by atoms with E-state index in [9.17, 15) is 9.59 Å². The van der Waals surface area contributed by atoms with Gasteiger partial charge in [0.25, 0.3) is 0 Å². The highest BCUT2D eigenvalue weighted by Crippen LogP contribution is 2.30. The molecule has 0 N–H and O–H groups in total. The topological polar surface area (TPSA) is 43.4 Å². The van der Waals surface area contributed by atoms with Gasteiger partial charge in [0.2, 0.25) is 0 Å². The molecule has 0 unspecified atom stereocenters. The maximum atomic E-state index is 12.4. The fraction of sp³-hybridized carbons (Fsp3) is 0.412. The molecule has 0 atom stereocenters.